The number of primary amides is 1. The van der Waals surface area contributed by atoms with E-state index in [-0.39, 0.29) is 72.8 Å². The fourth-order valence-corrected chi connectivity index (χ4v) is 10.4. The zero-order valence-corrected chi connectivity index (χ0v) is 44.6. The van der Waals surface area contributed by atoms with E-state index in [0.717, 1.165) is 0 Å². The smallest absolute Gasteiger partial charge is 0.247 e. The fraction of sp³-hybridized carbons (Fsp3) is 0.340. The van der Waals surface area contributed by atoms with E-state index >= 15 is 4.79 Å². The van der Waals surface area contributed by atoms with Crippen molar-refractivity contribution < 1.29 is 74.0 Å². The van der Waals surface area contributed by atoms with E-state index in [2.05, 4.69) is 37.2 Å². The van der Waals surface area contributed by atoms with E-state index in [0.29, 0.717) is 6.42 Å². The third-order valence-electron chi connectivity index (χ3n) is 13.6. The molecule has 5 heterocycles. The van der Waals surface area contributed by atoms with Crippen LogP contribution in [0.3, 0.4) is 0 Å². The van der Waals surface area contributed by atoms with Crippen LogP contribution in [0.25, 0.3) is 5.57 Å². The molecular formula is C53H56Cl2N8O15S. The summed E-state index contributed by atoms with van der Waals surface area (Å²) in [5.74, 6) is -9.13. The first-order chi connectivity index (χ1) is 37.5. The van der Waals surface area contributed by atoms with Crippen molar-refractivity contribution in [3.8, 4) is 34.5 Å². The number of carbonyl (C=O) groups excluding carboxylic acids is 6. The quantitative estimate of drug-likeness (QED) is 0.113. The maximum Gasteiger partial charge on any atom is 0.247 e. The molecular weight excluding hydrogens is 1090 g/mol. The number of phenolic OH excluding ortho intramolecular Hbond substituents is 2. The molecule has 4 aromatic rings. The van der Waals surface area contributed by atoms with Crippen molar-refractivity contribution in [3.63, 3.8) is 0 Å². The number of phenols is 2. The molecule has 0 saturated heterocycles. The number of aromatic hydroxyl groups is 2. The number of halogens is 2. The van der Waals surface area contributed by atoms with Gasteiger partial charge in [-0.1, -0.05) is 67.5 Å². The van der Waals surface area contributed by atoms with E-state index in [1.165, 1.54) is 79.9 Å². The lowest BCUT2D eigenvalue weighted by atomic mass is 9.83. The molecule has 4 aromatic carbocycles. The Bertz CT molecular complexity index is 3210. The second-order valence-electron chi connectivity index (χ2n) is 19.6. The van der Waals surface area contributed by atoms with Crippen LogP contribution in [0.5, 0.6) is 34.5 Å². The van der Waals surface area contributed by atoms with Gasteiger partial charge in [0.25, 0.3) is 0 Å². The molecule has 0 spiro atoms. The number of rotatable bonds is 8. The molecule has 6 aliphatic rings. The summed E-state index contributed by atoms with van der Waals surface area (Å²) in [4.78, 5) is 85.1. The average molecular weight is 1150 g/mol. The monoisotopic (exact) mass is 1150 g/mol. The molecule has 16 N–H and O–H groups in total. The topological polar surface area (TPSA) is 373 Å². The van der Waals surface area contributed by atoms with E-state index in [9.17, 15) is 59.7 Å². The minimum absolute atomic E-state index is 0.00512. The third kappa shape index (κ3) is 12.4. The number of fused-ring (bicyclic) bond motifs is 15. The Morgan fingerprint density at radius 2 is 1.34 bits per heavy atom. The fourth-order valence-electron chi connectivity index (χ4n) is 9.58. The lowest BCUT2D eigenvalue weighted by molar-refractivity contribution is -0.136. The number of thiocarbonyl (C=S) groups is 1. The average Bonchev–Trinajstić information content (AvgIpc) is 3.43. The van der Waals surface area contributed by atoms with Crippen molar-refractivity contribution in [1.29, 1.82) is 0 Å². The normalized spacial score (nSPS) is 24.8. The summed E-state index contributed by atoms with van der Waals surface area (Å²) >= 11 is 19.7. The van der Waals surface area contributed by atoms with Gasteiger partial charge in [-0.05, 0) is 102 Å². The molecule has 0 fully saturated rings. The van der Waals surface area contributed by atoms with Crippen LogP contribution < -0.4 is 52.4 Å². The summed E-state index contributed by atoms with van der Waals surface area (Å²) < 4.78 is 12.4. The van der Waals surface area contributed by atoms with Gasteiger partial charge in [0, 0.05) is 17.6 Å². The van der Waals surface area contributed by atoms with Gasteiger partial charge in [-0.25, -0.2) is 0 Å². The molecule has 6 amide bonds. The second-order valence-corrected chi connectivity index (χ2v) is 20.9. The number of hydrogen-bond acceptors (Lipinski definition) is 17. The van der Waals surface area contributed by atoms with Crippen LogP contribution in [0.1, 0.15) is 85.2 Å². The highest BCUT2D eigenvalue weighted by Crippen LogP contribution is 2.47. The van der Waals surface area contributed by atoms with E-state index in [1.54, 1.807) is 0 Å². The van der Waals surface area contributed by atoms with Gasteiger partial charge in [-0.15, -0.1) is 0 Å². The Balaban J connectivity index is 1.35. The predicted octanol–water partition coefficient (Wildman–Crippen LogP) is 2.31. The van der Waals surface area contributed by atoms with Crippen LogP contribution in [0.4, 0.5) is 0 Å². The van der Waals surface area contributed by atoms with E-state index in [4.69, 9.17) is 50.6 Å². The highest BCUT2D eigenvalue weighted by Gasteiger charge is 2.41. The Hall–Kier alpha value is -7.55. The van der Waals surface area contributed by atoms with Crippen LogP contribution in [0, 0.1) is 5.92 Å². The van der Waals surface area contributed by atoms with Crippen LogP contribution in [-0.2, 0) is 28.8 Å². The third-order valence-corrected chi connectivity index (χ3v) is 14.5. The number of hydrogen-bond donors (Lipinski definition) is 15. The molecule has 0 saturated carbocycles. The molecule has 10 atom stereocenters. The number of amides is 6. The molecule has 23 nitrogen and oxygen atoms in total. The molecule has 5 aliphatic heterocycles. The summed E-state index contributed by atoms with van der Waals surface area (Å²) in [6.07, 6.45) is -4.85. The minimum atomic E-state index is -1.94. The van der Waals surface area contributed by atoms with Gasteiger partial charge < -0.3 is 88.2 Å². The maximum atomic E-state index is 15.1. The van der Waals surface area contributed by atoms with Gasteiger partial charge in [0.15, 0.2) is 11.5 Å². The summed E-state index contributed by atoms with van der Waals surface area (Å²) in [7, 11) is 1.53. The van der Waals surface area contributed by atoms with Gasteiger partial charge in [0.1, 0.15) is 70.4 Å². The zero-order chi connectivity index (χ0) is 57.3. The van der Waals surface area contributed by atoms with Crippen molar-refractivity contribution in [1.82, 2.24) is 37.2 Å². The Kier molecular flexibility index (Phi) is 17.4. The number of ether oxygens (including phenoxy) is 2. The van der Waals surface area contributed by atoms with Crippen molar-refractivity contribution in [2.24, 2.45) is 11.7 Å². The van der Waals surface area contributed by atoms with Crippen molar-refractivity contribution in [2.45, 2.75) is 93.7 Å². The Morgan fingerprint density at radius 1 is 0.734 bits per heavy atom. The van der Waals surface area contributed by atoms with Gasteiger partial charge in [-0.2, -0.15) is 0 Å². The number of aliphatic hydroxyl groups excluding tert-OH is 5. The molecule has 10 rings (SSSR count). The number of aliphatic hydroxyl groups is 5. The number of benzene rings is 4. The molecule has 11 bridgehead atoms. The predicted molar refractivity (Wildman–Crippen MR) is 288 cm³/mol. The minimum Gasteiger partial charge on any atom is -0.512 e. The van der Waals surface area contributed by atoms with E-state index < -0.39 is 143 Å². The first-order valence-electron chi connectivity index (χ1n) is 24.7. The van der Waals surface area contributed by atoms with Crippen molar-refractivity contribution in [3.05, 3.63) is 122 Å². The summed E-state index contributed by atoms with van der Waals surface area (Å²) in [5.41, 5.74) is 5.11. The number of nitrogens with one attached hydrogen (secondary N) is 7. The van der Waals surface area contributed by atoms with Gasteiger partial charge >= 0.3 is 0 Å². The first kappa shape index (κ1) is 57.6. The zero-order valence-electron chi connectivity index (χ0n) is 42.2. The SMILES string of the molecule is CN[C@H](CC(C)C)C(=O)N[C@H]1C(=O)NC(CC(N)=O)C(=O)N[C@H]2C(=S)N[C@H]3C(=O)N[C@H](C(=O)N[C@H](CO)C4=CC(O)CC(O)=C4c4cc3ccc4O)[C@H](O)c3ccc(c(Cl)c3)Oc3cc2cc(c3O)Oc2ccc(cc2Cl)[C@H]1O. The summed E-state index contributed by atoms with van der Waals surface area (Å²) in [5, 5.41) is 98.5. The van der Waals surface area contributed by atoms with Crippen molar-refractivity contribution in [2.75, 3.05) is 13.7 Å². The Labute approximate surface area is 466 Å². The first-order valence-corrected chi connectivity index (χ1v) is 25.8. The number of carbonyl (C=O) groups is 6. The van der Waals surface area contributed by atoms with Crippen LogP contribution in [0.2, 0.25) is 10.0 Å². The maximum absolute atomic E-state index is 15.1. The highest BCUT2D eigenvalue weighted by atomic mass is 35.5. The van der Waals surface area contributed by atoms with Gasteiger partial charge in [0.05, 0.1) is 41.3 Å². The molecule has 2 unspecified atom stereocenters. The van der Waals surface area contributed by atoms with Crippen LogP contribution >= 0.6 is 35.4 Å². The molecule has 79 heavy (non-hydrogen) atoms. The molecule has 1 aliphatic carbocycles. The standard InChI is InChI=1S/C53H56Cl2N8O15S/c1-20(2)10-30(57-3)48(72)61-43-45(69)22-5-8-35(28(54)12-22)77-37-14-24-15-38(47(37)71)78-36-9-6-23(13-29(36)55)46(70)44-52(76)59-32(19-64)26-16-25(65)17-34(67)40(26)27-11-21(4-7-33(27)66)41(50(74)62-44)63-53(79)42(24)60-49(73)31(18-39(56)68)58-51(43)75/h4-9,11-16,20,25,30-32,41-46,57,64-67,69-71H,10,17-19H2,1-3H3,(H2,56,68)(H,58,75)(H,59,76)(H,60,73)(H,61,72)(H,62,74)(H,63,79)/t25?,30-,31?,32-,41-,42-,43-,44+,45-,46-/m1/s1. The highest BCUT2D eigenvalue weighted by molar-refractivity contribution is 7.80. The number of nitrogens with two attached hydrogens (primary N) is 1. The lowest BCUT2D eigenvalue weighted by Crippen LogP contribution is -2.59. The second kappa shape index (κ2) is 23.8. The van der Waals surface area contributed by atoms with Gasteiger partial charge in [0.2, 0.25) is 41.2 Å². The largest absolute Gasteiger partial charge is 0.512 e. The molecule has 0 radical (unpaired) electrons. The summed E-state index contributed by atoms with van der Waals surface area (Å²) in [6.45, 7) is 2.88. The molecule has 418 valence electrons. The van der Waals surface area contributed by atoms with Gasteiger partial charge in [-0.3, -0.25) is 28.8 Å². The van der Waals surface area contributed by atoms with Crippen molar-refractivity contribution >= 4 is 81.4 Å². The van der Waals surface area contributed by atoms with Crippen LogP contribution in [0.15, 0.2) is 84.1 Å². The lowest BCUT2D eigenvalue weighted by Gasteiger charge is -2.33. The number of likely N-dealkylation sites (N-methyl/N-ethyl adjacent to an activating group) is 1. The molecule has 0 aromatic heterocycles. The summed E-state index contributed by atoms with van der Waals surface area (Å²) in [6, 6.07) is 2.21. The van der Waals surface area contributed by atoms with Crippen LogP contribution in [-0.4, -0.2) is 126 Å². The molecule has 26 heteroatoms. The Morgan fingerprint density at radius 3 is 1.92 bits per heavy atom. The van der Waals surface area contributed by atoms with E-state index in [1.807, 2.05) is 13.8 Å².